The molecule has 2 rings (SSSR count). The molecule has 0 spiro atoms. The second-order valence-electron chi connectivity index (χ2n) is 7.42. The summed E-state index contributed by atoms with van der Waals surface area (Å²) >= 11 is 0. The van der Waals surface area contributed by atoms with Crippen molar-refractivity contribution in [2.75, 3.05) is 46.0 Å². The smallest absolute Gasteiger partial charge is 0.191 e. The van der Waals surface area contributed by atoms with Crippen molar-refractivity contribution in [2.24, 2.45) is 10.9 Å². The molecule has 0 bridgehead atoms. The first-order chi connectivity index (χ1) is 13.1. The van der Waals surface area contributed by atoms with Crippen molar-refractivity contribution in [2.45, 2.75) is 40.3 Å². The quantitative estimate of drug-likeness (QED) is 0.512. The maximum Gasteiger partial charge on any atom is 0.191 e. The molecule has 0 saturated carbocycles. The van der Waals surface area contributed by atoms with E-state index in [9.17, 15) is 0 Å². The topological polar surface area (TPSA) is 58.1 Å². The molecule has 1 fully saturated rings. The maximum atomic E-state index is 5.74. The van der Waals surface area contributed by atoms with Gasteiger partial charge in [0.05, 0.1) is 26.4 Å². The molecule has 1 heterocycles. The second kappa shape index (κ2) is 11.8. The zero-order valence-corrected chi connectivity index (χ0v) is 17.3. The van der Waals surface area contributed by atoms with Gasteiger partial charge in [0.25, 0.3) is 0 Å². The van der Waals surface area contributed by atoms with E-state index in [0.29, 0.717) is 18.5 Å². The fraction of sp³-hybridized carbons (Fsp3) is 0.667. The van der Waals surface area contributed by atoms with Gasteiger partial charge in [-0.3, -0.25) is 4.90 Å². The van der Waals surface area contributed by atoms with E-state index < -0.39 is 0 Å². The van der Waals surface area contributed by atoms with E-state index >= 15 is 0 Å². The van der Waals surface area contributed by atoms with Gasteiger partial charge in [0.15, 0.2) is 5.96 Å². The zero-order chi connectivity index (χ0) is 19.5. The standard InChI is InChI=1S/C21H36N4O2/c1-5-22-21(23-14-18(4)25-10-12-26-13-11-25)24-15-19-6-8-20(9-7-19)27-16-17(2)3/h6-9,17-18H,5,10-16H2,1-4H3,(H2,22,23,24). The number of morpholine rings is 1. The number of benzene rings is 1. The van der Waals surface area contributed by atoms with Crippen LogP contribution in [0, 0.1) is 5.92 Å². The van der Waals surface area contributed by atoms with Crippen LogP contribution in [0.2, 0.25) is 0 Å². The molecule has 1 aromatic carbocycles. The average Bonchev–Trinajstić information content (AvgIpc) is 2.69. The van der Waals surface area contributed by atoms with E-state index in [1.54, 1.807) is 0 Å². The van der Waals surface area contributed by atoms with E-state index in [4.69, 9.17) is 14.5 Å². The van der Waals surface area contributed by atoms with Crippen LogP contribution in [0.1, 0.15) is 33.3 Å². The Labute approximate surface area is 164 Å². The Bertz CT molecular complexity index is 554. The van der Waals surface area contributed by atoms with Crippen molar-refractivity contribution in [3.8, 4) is 5.75 Å². The van der Waals surface area contributed by atoms with Crippen LogP contribution in [-0.2, 0) is 11.3 Å². The molecule has 152 valence electrons. The summed E-state index contributed by atoms with van der Waals surface area (Å²) < 4.78 is 11.2. The van der Waals surface area contributed by atoms with Crippen LogP contribution >= 0.6 is 0 Å². The van der Waals surface area contributed by atoms with Crippen LogP contribution in [0.15, 0.2) is 29.3 Å². The number of ether oxygens (including phenoxy) is 2. The van der Waals surface area contributed by atoms with Gasteiger partial charge in [0.2, 0.25) is 0 Å². The third-order valence-corrected chi connectivity index (χ3v) is 4.50. The lowest BCUT2D eigenvalue weighted by Crippen LogP contribution is -2.49. The highest BCUT2D eigenvalue weighted by molar-refractivity contribution is 5.79. The summed E-state index contributed by atoms with van der Waals surface area (Å²) in [6, 6.07) is 8.66. The number of rotatable bonds is 9. The molecule has 1 saturated heterocycles. The Morgan fingerprint density at radius 1 is 1.15 bits per heavy atom. The van der Waals surface area contributed by atoms with Crippen molar-refractivity contribution in [3.05, 3.63) is 29.8 Å². The molecule has 6 heteroatoms. The number of hydrogen-bond donors (Lipinski definition) is 2. The highest BCUT2D eigenvalue weighted by Crippen LogP contribution is 2.14. The summed E-state index contributed by atoms with van der Waals surface area (Å²) in [6.07, 6.45) is 0. The second-order valence-corrected chi connectivity index (χ2v) is 7.42. The molecule has 1 aromatic rings. The van der Waals surface area contributed by atoms with Crippen molar-refractivity contribution in [3.63, 3.8) is 0 Å². The summed E-state index contributed by atoms with van der Waals surface area (Å²) in [4.78, 5) is 7.17. The Kier molecular flexibility index (Phi) is 9.42. The summed E-state index contributed by atoms with van der Waals surface area (Å²) in [5.41, 5.74) is 1.17. The molecule has 2 N–H and O–H groups in total. The van der Waals surface area contributed by atoms with Crippen molar-refractivity contribution in [1.29, 1.82) is 0 Å². The van der Waals surface area contributed by atoms with Gasteiger partial charge in [-0.05, 0) is 37.5 Å². The molecular weight excluding hydrogens is 340 g/mol. The van der Waals surface area contributed by atoms with E-state index in [1.807, 2.05) is 12.1 Å². The van der Waals surface area contributed by atoms with Gasteiger partial charge in [-0.25, -0.2) is 4.99 Å². The fourth-order valence-corrected chi connectivity index (χ4v) is 2.86. The summed E-state index contributed by atoms with van der Waals surface area (Å²) in [5.74, 6) is 2.31. The Morgan fingerprint density at radius 2 is 1.85 bits per heavy atom. The van der Waals surface area contributed by atoms with Gasteiger partial charge < -0.3 is 20.1 Å². The lowest BCUT2D eigenvalue weighted by molar-refractivity contribution is 0.0211. The highest BCUT2D eigenvalue weighted by atomic mass is 16.5. The molecule has 27 heavy (non-hydrogen) atoms. The lowest BCUT2D eigenvalue weighted by atomic mass is 10.2. The van der Waals surface area contributed by atoms with Crippen molar-refractivity contribution in [1.82, 2.24) is 15.5 Å². The normalized spacial score (nSPS) is 17.0. The lowest BCUT2D eigenvalue weighted by Gasteiger charge is -2.32. The van der Waals surface area contributed by atoms with Crippen LogP contribution in [0.3, 0.4) is 0 Å². The van der Waals surface area contributed by atoms with Crippen LogP contribution in [0.4, 0.5) is 0 Å². The number of aliphatic imine (C=N–C) groups is 1. The van der Waals surface area contributed by atoms with Crippen LogP contribution in [0.25, 0.3) is 0 Å². The number of hydrogen-bond acceptors (Lipinski definition) is 4. The molecule has 1 atom stereocenters. The van der Waals surface area contributed by atoms with Gasteiger partial charge in [0.1, 0.15) is 5.75 Å². The van der Waals surface area contributed by atoms with Gasteiger partial charge in [0, 0.05) is 32.2 Å². The van der Waals surface area contributed by atoms with Gasteiger partial charge in [-0.1, -0.05) is 26.0 Å². The first-order valence-corrected chi connectivity index (χ1v) is 10.1. The Morgan fingerprint density at radius 3 is 2.48 bits per heavy atom. The molecule has 1 aliphatic heterocycles. The number of nitrogens with zero attached hydrogens (tertiary/aromatic N) is 2. The van der Waals surface area contributed by atoms with Crippen LogP contribution in [-0.4, -0.2) is 62.9 Å². The van der Waals surface area contributed by atoms with E-state index in [-0.39, 0.29) is 0 Å². The predicted molar refractivity (Wildman–Crippen MR) is 111 cm³/mol. The Balaban J connectivity index is 1.83. The third kappa shape index (κ3) is 8.18. The van der Waals surface area contributed by atoms with Crippen LogP contribution < -0.4 is 15.4 Å². The summed E-state index contributed by atoms with van der Waals surface area (Å²) in [7, 11) is 0. The SMILES string of the molecule is CCNC(=NCc1ccc(OCC(C)C)cc1)NCC(C)N1CCOCC1. The minimum Gasteiger partial charge on any atom is -0.493 e. The van der Waals surface area contributed by atoms with Crippen molar-refractivity contribution >= 4 is 5.96 Å². The first kappa shape index (κ1) is 21.5. The minimum absolute atomic E-state index is 0.454. The monoisotopic (exact) mass is 376 g/mol. The molecule has 6 nitrogen and oxygen atoms in total. The third-order valence-electron chi connectivity index (χ3n) is 4.50. The molecule has 1 unspecified atom stereocenters. The van der Waals surface area contributed by atoms with Gasteiger partial charge in [-0.15, -0.1) is 0 Å². The predicted octanol–water partition coefficient (Wildman–Crippen LogP) is 2.50. The van der Waals surface area contributed by atoms with E-state index in [1.165, 1.54) is 5.56 Å². The minimum atomic E-state index is 0.454. The van der Waals surface area contributed by atoms with Gasteiger partial charge in [-0.2, -0.15) is 0 Å². The largest absolute Gasteiger partial charge is 0.493 e. The maximum absolute atomic E-state index is 5.74. The molecule has 0 amide bonds. The number of nitrogens with one attached hydrogen (secondary N) is 2. The fourth-order valence-electron chi connectivity index (χ4n) is 2.86. The van der Waals surface area contributed by atoms with Crippen molar-refractivity contribution < 1.29 is 9.47 Å². The molecule has 0 aliphatic carbocycles. The summed E-state index contributed by atoms with van der Waals surface area (Å²) in [6.45, 7) is 15.4. The Hall–Kier alpha value is -1.79. The molecule has 0 radical (unpaired) electrons. The zero-order valence-electron chi connectivity index (χ0n) is 17.3. The number of guanidine groups is 1. The molecule has 1 aliphatic rings. The average molecular weight is 377 g/mol. The van der Waals surface area contributed by atoms with E-state index in [0.717, 1.165) is 57.7 Å². The highest BCUT2D eigenvalue weighted by Gasteiger charge is 2.16. The summed E-state index contributed by atoms with van der Waals surface area (Å²) in [5, 5.41) is 6.79. The van der Waals surface area contributed by atoms with Crippen LogP contribution in [0.5, 0.6) is 5.75 Å². The van der Waals surface area contributed by atoms with Gasteiger partial charge >= 0.3 is 0 Å². The van der Waals surface area contributed by atoms with E-state index in [2.05, 4.69) is 55.4 Å². The first-order valence-electron chi connectivity index (χ1n) is 10.1. The molecule has 0 aromatic heterocycles. The molecular formula is C21H36N4O2.